The molecule has 3 saturated heterocycles. The predicted molar refractivity (Wildman–Crippen MR) is 104 cm³/mol. The Kier molecular flexibility index (Phi) is 5.66. The number of imide groups is 1. The van der Waals surface area contributed by atoms with E-state index in [0.29, 0.717) is 50.1 Å². The molecule has 0 bridgehead atoms. The second-order valence-corrected chi connectivity index (χ2v) is 7.95. The van der Waals surface area contributed by atoms with Gasteiger partial charge >= 0.3 is 0 Å². The van der Waals surface area contributed by atoms with Gasteiger partial charge in [0, 0.05) is 24.0 Å². The minimum atomic E-state index is -0.442. The lowest BCUT2D eigenvalue weighted by Crippen LogP contribution is -2.50. The van der Waals surface area contributed by atoms with Crippen LogP contribution in [0.3, 0.4) is 0 Å². The van der Waals surface area contributed by atoms with Crippen molar-refractivity contribution in [3.63, 3.8) is 0 Å². The van der Waals surface area contributed by atoms with Gasteiger partial charge in [-0.1, -0.05) is 11.6 Å². The number of amides is 3. The number of likely N-dealkylation sites (tertiary alicyclic amines) is 1. The van der Waals surface area contributed by atoms with E-state index in [9.17, 15) is 14.4 Å². The van der Waals surface area contributed by atoms with Gasteiger partial charge in [-0.05, 0) is 50.2 Å². The molecule has 1 aromatic rings. The smallest absolute Gasteiger partial charge is 0.251 e. The highest BCUT2D eigenvalue weighted by molar-refractivity contribution is 6.30. The minimum Gasteiger partial charge on any atom is -0.378 e. The molecule has 3 amide bonds. The number of morpholine rings is 1. The summed E-state index contributed by atoms with van der Waals surface area (Å²) in [7, 11) is 0. The van der Waals surface area contributed by atoms with Crippen LogP contribution in [0, 0.1) is 5.92 Å². The Morgan fingerprint density at radius 1 is 1.00 bits per heavy atom. The molecule has 3 aliphatic heterocycles. The van der Waals surface area contributed by atoms with Crippen molar-refractivity contribution in [3.8, 4) is 0 Å². The summed E-state index contributed by atoms with van der Waals surface area (Å²) < 4.78 is 5.31. The van der Waals surface area contributed by atoms with Crippen molar-refractivity contribution in [2.45, 2.75) is 25.3 Å². The summed E-state index contributed by atoms with van der Waals surface area (Å²) in [6, 6.07) is 6.28. The molecule has 0 aromatic heterocycles. The normalized spacial score (nSPS) is 24.8. The number of hydrogen-bond donors (Lipinski definition) is 0. The second kappa shape index (κ2) is 8.19. The fourth-order valence-corrected chi connectivity index (χ4v) is 4.39. The molecular weight excluding hydrogens is 382 g/mol. The standard InChI is InChI=1S/C20H24ClN3O4/c21-15-1-3-16(4-2-15)24-18(25)13-17(20(24)27)22-7-5-14(6-8-22)19(26)23-9-11-28-12-10-23/h1-4,14,17H,5-13H2/t17-/m1/s1. The second-order valence-electron chi connectivity index (χ2n) is 7.51. The van der Waals surface area contributed by atoms with E-state index in [1.54, 1.807) is 24.3 Å². The van der Waals surface area contributed by atoms with Crippen LogP contribution in [0.1, 0.15) is 19.3 Å². The van der Waals surface area contributed by atoms with Crippen LogP contribution in [-0.4, -0.2) is 73.0 Å². The molecule has 150 valence electrons. The van der Waals surface area contributed by atoms with E-state index in [-0.39, 0.29) is 30.1 Å². The molecule has 7 nitrogen and oxygen atoms in total. The first kappa shape index (κ1) is 19.4. The summed E-state index contributed by atoms with van der Waals surface area (Å²) in [4.78, 5) is 43.2. The molecule has 1 aromatic carbocycles. The first-order valence-corrected chi connectivity index (χ1v) is 10.2. The fraction of sp³-hybridized carbons (Fsp3) is 0.550. The van der Waals surface area contributed by atoms with Crippen LogP contribution >= 0.6 is 11.6 Å². The SMILES string of the molecule is O=C(C1CCN([C@@H]2CC(=O)N(c3ccc(Cl)cc3)C2=O)CC1)N1CCOCC1. The van der Waals surface area contributed by atoms with E-state index < -0.39 is 6.04 Å². The zero-order chi connectivity index (χ0) is 19.7. The summed E-state index contributed by atoms with van der Waals surface area (Å²) in [6.07, 6.45) is 1.62. The third-order valence-corrected chi connectivity index (χ3v) is 6.10. The number of anilines is 1. The van der Waals surface area contributed by atoms with Crippen molar-refractivity contribution in [1.29, 1.82) is 0 Å². The van der Waals surface area contributed by atoms with Gasteiger partial charge in [0.2, 0.25) is 11.8 Å². The van der Waals surface area contributed by atoms with E-state index in [4.69, 9.17) is 16.3 Å². The number of carbonyl (C=O) groups excluding carboxylic acids is 3. The van der Waals surface area contributed by atoms with Gasteiger partial charge in [-0.15, -0.1) is 0 Å². The number of carbonyl (C=O) groups is 3. The summed E-state index contributed by atoms with van der Waals surface area (Å²) in [5.74, 6) is -0.192. The number of ether oxygens (including phenoxy) is 1. The maximum absolute atomic E-state index is 12.9. The first-order valence-electron chi connectivity index (χ1n) is 9.77. The number of nitrogens with zero attached hydrogens (tertiary/aromatic N) is 3. The molecule has 4 rings (SSSR count). The molecule has 0 aliphatic carbocycles. The number of halogens is 1. The van der Waals surface area contributed by atoms with Gasteiger partial charge in [-0.2, -0.15) is 0 Å². The van der Waals surface area contributed by atoms with Crippen molar-refractivity contribution in [2.75, 3.05) is 44.3 Å². The molecule has 0 spiro atoms. The molecule has 28 heavy (non-hydrogen) atoms. The van der Waals surface area contributed by atoms with Gasteiger partial charge in [0.25, 0.3) is 5.91 Å². The highest BCUT2D eigenvalue weighted by Gasteiger charge is 2.44. The van der Waals surface area contributed by atoms with Crippen LogP contribution in [0.25, 0.3) is 0 Å². The Hall–Kier alpha value is -1.96. The molecule has 3 heterocycles. The van der Waals surface area contributed by atoms with E-state index in [2.05, 4.69) is 4.90 Å². The van der Waals surface area contributed by atoms with Gasteiger partial charge in [0.15, 0.2) is 0 Å². The highest BCUT2D eigenvalue weighted by Crippen LogP contribution is 2.30. The Morgan fingerprint density at radius 3 is 2.29 bits per heavy atom. The van der Waals surface area contributed by atoms with E-state index >= 15 is 0 Å². The first-order chi connectivity index (χ1) is 13.5. The Labute approximate surface area is 169 Å². The molecule has 8 heteroatoms. The summed E-state index contributed by atoms with van der Waals surface area (Å²) >= 11 is 5.90. The lowest BCUT2D eigenvalue weighted by molar-refractivity contribution is -0.141. The lowest BCUT2D eigenvalue weighted by atomic mass is 9.94. The molecule has 3 aliphatic rings. The van der Waals surface area contributed by atoms with Crippen molar-refractivity contribution in [2.24, 2.45) is 5.92 Å². The number of piperidine rings is 1. The zero-order valence-electron chi connectivity index (χ0n) is 15.7. The Morgan fingerprint density at radius 2 is 1.64 bits per heavy atom. The van der Waals surface area contributed by atoms with Gasteiger partial charge < -0.3 is 9.64 Å². The number of hydrogen-bond acceptors (Lipinski definition) is 5. The largest absolute Gasteiger partial charge is 0.378 e. The zero-order valence-corrected chi connectivity index (χ0v) is 16.4. The van der Waals surface area contributed by atoms with Gasteiger partial charge in [-0.25, -0.2) is 4.90 Å². The molecule has 0 N–H and O–H groups in total. The molecule has 0 radical (unpaired) electrons. The number of rotatable bonds is 3. The van der Waals surface area contributed by atoms with Gasteiger partial charge in [0.1, 0.15) is 0 Å². The Bertz CT molecular complexity index is 755. The quantitative estimate of drug-likeness (QED) is 0.713. The van der Waals surface area contributed by atoms with Gasteiger partial charge in [-0.3, -0.25) is 19.3 Å². The highest BCUT2D eigenvalue weighted by atomic mass is 35.5. The lowest BCUT2D eigenvalue weighted by Gasteiger charge is -2.37. The summed E-state index contributed by atoms with van der Waals surface area (Å²) in [5.41, 5.74) is 0.555. The van der Waals surface area contributed by atoms with Gasteiger partial charge in [0.05, 0.1) is 31.4 Å². The third kappa shape index (κ3) is 3.79. The molecule has 0 saturated carbocycles. The van der Waals surface area contributed by atoms with E-state index in [1.807, 2.05) is 4.90 Å². The van der Waals surface area contributed by atoms with E-state index in [0.717, 1.165) is 12.8 Å². The van der Waals surface area contributed by atoms with Crippen LogP contribution in [0.5, 0.6) is 0 Å². The van der Waals surface area contributed by atoms with E-state index in [1.165, 1.54) is 4.90 Å². The topological polar surface area (TPSA) is 70.2 Å². The van der Waals surface area contributed by atoms with Crippen molar-refractivity contribution >= 4 is 35.0 Å². The monoisotopic (exact) mass is 405 g/mol. The van der Waals surface area contributed by atoms with Crippen molar-refractivity contribution in [1.82, 2.24) is 9.80 Å². The van der Waals surface area contributed by atoms with Crippen LogP contribution in [-0.2, 0) is 19.1 Å². The summed E-state index contributed by atoms with van der Waals surface area (Å²) in [6.45, 7) is 3.82. The van der Waals surface area contributed by atoms with Crippen LogP contribution in [0.15, 0.2) is 24.3 Å². The fourth-order valence-electron chi connectivity index (χ4n) is 4.26. The average Bonchev–Trinajstić information content (AvgIpc) is 3.03. The molecule has 1 atom stereocenters. The molecule has 0 unspecified atom stereocenters. The predicted octanol–water partition coefficient (Wildman–Crippen LogP) is 1.54. The maximum Gasteiger partial charge on any atom is 0.251 e. The minimum absolute atomic E-state index is 0.00563. The van der Waals surface area contributed by atoms with Crippen molar-refractivity contribution in [3.05, 3.63) is 29.3 Å². The average molecular weight is 406 g/mol. The number of benzene rings is 1. The Balaban J connectivity index is 1.37. The van der Waals surface area contributed by atoms with Crippen LogP contribution in [0.2, 0.25) is 5.02 Å². The summed E-state index contributed by atoms with van der Waals surface area (Å²) in [5, 5.41) is 0.561. The molecular formula is C20H24ClN3O4. The van der Waals surface area contributed by atoms with Crippen molar-refractivity contribution < 1.29 is 19.1 Å². The van der Waals surface area contributed by atoms with Crippen LogP contribution in [0.4, 0.5) is 5.69 Å². The third-order valence-electron chi connectivity index (χ3n) is 5.85. The maximum atomic E-state index is 12.9. The molecule has 3 fully saturated rings. The van der Waals surface area contributed by atoms with Crippen LogP contribution < -0.4 is 4.90 Å².